The number of esters is 2. The molecule has 2 aromatic rings. The molecule has 0 spiro atoms. The second-order valence-electron chi connectivity index (χ2n) is 9.73. The van der Waals surface area contributed by atoms with Crippen LogP contribution in [0.15, 0.2) is 36.4 Å². The molecule has 1 fully saturated rings. The predicted molar refractivity (Wildman–Crippen MR) is 148 cm³/mol. The van der Waals surface area contributed by atoms with E-state index < -0.39 is 88.8 Å². The van der Waals surface area contributed by atoms with Gasteiger partial charge in [-0.15, -0.1) is 0 Å². The van der Waals surface area contributed by atoms with Crippen molar-refractivity contribution in [3.8, 4) is 0 Å². The highest BCUT2D eigenvalue weighted by molar-refractivity contribution is 5.95. The van der Waals surface area contributed by atoms with Crippen molar-refractivity contribution in [1.29, 1.82) is 0 Å². The summed E-state index contributed by atoms with van der Waals surface area (Å²) in [6, 6.07) is 5.56. The maximum absolute atomic E-state index is 13.0. The molecule has 0 aromatic heterocycles. The SMILES string of the molecule is COC1OC(CNC(=O)c2ccc(COC(C)=O)c([N+](=O)[O-])c2)C(O)C(O)C1NC(=O)c1ccc(COC(C)=O)c([N+](=O)[O-])c1. The first-order valence-electron chi connectivity index (χ1n) is 13.2. The molecule has 0 saturated carbocycles. The second-order valence-corrected chi connectivity index (χ2v) is 9.73. The van der Waals surface area contributed by atoms with Gasteiger partial charge in [-0.2, -0.15) is 0 Å². The molecule has 18 heteroatoms. The summed E-state index contributed by atoms with van der Waals surface area (Å²) in [5, 5.41) is 49.4. The molecular weight excluding hydrogens is 604 g/mol. The van der Waals surface area contributed by atoms with Gasteiger partial charge in [0, 0.05) is 50.8 Å². The zero-order chi connectivity index (χ0) is 33.4. The molecule has 18 nitrogen and oxygen atoms in total. The van der Waals surface area contributed by atoms with Gasteiger partial charge < -0.3 is 39.8 Å². The molecule has 1 saturated heterocycles. The van der Waals surface area contributed by atoms with Crippen molar-refractivity contribution in [3.05, 3.63) is 78.9 Å². The smallest absolute Gasteiger partial charge is 0.302 e. The van der Waals surface area contributed by atoms with Crippen LogP contribution in [-0.4, -0.2) is 88.1 Å². The number of methoxy groups -OCH3 is 1. The average molecular weight is 635 g/mol. The summed E-state index contributed by atoms with van der Waals surface area (Å²) in [5.74, 6) is -2.98. The molecule has 242 valence electrons. The van der Waals surface area contributed by atoms with Crippen molar-refractivity contribution in [1.82, 2.24) is 10.6 Å². The number of amides is 2. The molecule has 0 radical (unpaired) electrons. The lowest BCUT2D eigenvalue weighted by atomic mass is 9.96. The van der Waals surface area contributed by atoms with E-state index >= 15 is 0 Å². The lowest BCUT2D eigenvalue weighted by Gasteiger charge is -2.42. The molecule has 3 rings (SSSR count). The molecule has 1 aliphatic heterocycles. The van der Waals surface area contributed by atoms with Gasteiger partial charge in [0.1, 0.15) is 37.6 Å². The average Bonchev–Trinajstić information content (AvgIpc) is 3.00. The number of rotatable bonds is 12. The lowest BCUT2D eigenvalue weighted by Crippen LogP contribution is -2.65. The van der Waals surface area contributed by atoms with Gasteiger partial charge in [-0.3, -0.25) is 39.4 Å². The fraction of sp³-hybridized carbons (Fsp3) is 0.407. The molecule has 0 aliphatic carbocycles. The van der Waals surface area contributed by atoms with Crippen LogP contribution in [-0.2, 0) is 41.8 Å². The van der Waals surface area contributed by atoms with Gasteiger partial charge in [-0.25, -0.2) is 0 Å². The first-order chi connectivity index (χ1) is 21.2. The highest BCUT2D eigenvalue weighted by Crippen LogP contribution is 2.25. The number of benzene rings is 2. The molecular formula is C27H30N4O14. The molecule has 5 unspecified atom stereocenters. The number of hydrogen-bond acceptors (Lipinski definition) is 14. The minimum absolute atomic E-state index is 0.0374. The quantitative estimate of drug-likeness (QED) is 0.139. The zero-order valence-corrected chi connectivity index (χ0v) is 24.2. The summed E-state index contributed by atoms with van der Waals surface area (Å²) >= 11 is 0. The topological polar surface area (TPSA) is 256 Å². The van der Waals surface area contributed by atoms with E-state index in [2.05, 4.69) is 10.6 Å². The van der Waals surface area contributed by atoms with Crippen LogP contribution in [0, 0.1) is 20.2 Å². The van der Waals surface area contributed by atoms with Crippen LogP contribution in [0.2, 0.25) is 0 Å². The number of aliphatic hydroxyl groups is 2. The Morgan fingerprint density at radius 3 is 1.78 bits per heavy atom. The Kier molecular flexibility index (Phi) is 11.6. The number of nitro groups is 2. The van der Waals surface area contributed by atoms with E-state index in [4.69, 9.17) is 18.9 Å². The highest BCUT2D eigenvalue weighted by Gasteiger charge is 2.45. The van der Waals surface area contributed by atoms with E-state index in [-0.39, 0.29) is 28.9 Å². The Hall–Kier alpha value is -5.04. The number of hydrogen-bond donors (Lipinski definition) is 4. The van der Waals surface area contributed by atoms with E-state index in [1.807, 2.05) is 0 Å². The number of ether oxygens (including phenoxy) is 4. The Morgan fingerprint density at radius 1 is 0.844 bits per heavy atom. The van der Waals surface area contributed by atoms with Gasteiger partial charge >= 0.3 is 11.9 Å². The first kappa shape index (κ1) is 34.5. The molecule has 4 N–H and O–H groups in total. The third-order valence-corrected chi connectivity index (χ3v) is 6.65. The van der Waals surface area contributed by atoms with E-state index in [0.717, 1.165) is 26.0 Å². The van der Waals surface area contributed by atoms with Crippen LogP contribution in [0.3, 0.4) is 0 Å². The van der Waals surface area contributed by atoms with Gasteiger partial charge in [0.25, 0.3) is 23.2 Å². The monoisotopic (exact) mass is 634 g/mol. The van der Waals surface area contributed by atoms with Gasteiger partial charge in [-0.1, -0.05) is 0 Å². The second kappa shape index (κ2) is 15.1. The van der Waals surface area contributed by atoms with Gasteiger partial charge in [0.2, 0.25) is 0 Å². The number of nitrogens with zero attached hydrogens (tertiary/aromatic N) is 2. The van der Waals surface area contributed by atoms with Crippen LogP contribution in [0.25, 0.3) is 0 Å². The fourth-order valence-corrected chi connectivity index (χ4v) is 4.34. The molecule has 1 heterocycles. The summed E-state index contributed by atoms with van der Waals surface area (Å²) < 4.78 is 20.5. The van der Waals surface area contributed by atoms with E-state index in [1.54, 1.807) is 0 Å². The van der Waals surface area contributed by atoms with Crippen molar-refractivity contribution >= 4 is 35.1 Å². The Bertz CT molecular complexity index is 1480. The van der Waals surface area contributed by atoms with Crippen molar-refractivity contribution in [3.63, 3.8) is 0 Å². The zero-order valence-electron chi connectivity index (χ0n) is 24.2. The maximum Gasteiger partial charge on any atom is 0.302 e. The summed E-state index contributed by atoms with van der Waals surface area (Å²) in [4.78, 5) is 69.3. The van der Waals surface area contributed by atoms with Crippen LogP contribution in [0.5, 0.6) is 0 Å². The van der Waals surface area contributed by atoms with E-state index in [0.29, 0.717) is 0 Å². The van der Waals surface area contributed by atoms with Crippen molar-refractivity contribution < 1.29 is 58.2 Å². The highest BCUT2D eigenvalue weighted by atomic mass is 16.7. The number of carbonyl (C=O) groups excluding carboxylic acids is 4. The summed E-state index contributed by atoms with van der Waals surface area (Å²) in [7, 11) is 1.19. The molecule has 2 amide bonds. The maximum atomic E-state index is 13.0. The third kappa shape index (κ3) is 8.76. The van der Waals surface area contributed by atoms with Crippen LogP contribution < -0.4 is 10.6 Å². The Balaban J connectivity index is 1.68. The van der Waals surface area contributed by atoms with Crippen molar-refractivity contribution in [2.75, 3.05) is 13.7 Å². The normalized spacial score (nSPS) is 20.9. The lowest BCUT2D eigenvalue weighted by molar-refractivity contribution is -0.386. The number of nitro benzene ring substituents is 2. The Morgan fingerprint density at radius 2 is 1.33 bits per heavy atom. The molecule has 45 heavy (non-hydrogen) atoms. The van der Waals surface area contributed by atoms with Crippen molar-refractivity contribution in [2.24, 2.45) is 0 Å². The molecule has 2 aromatic carbocycles. The minimum atomic E-state index is -1.70. The Labute approximate surface area is 254 Å². The number of carbonyl (C=O) groups is 4. The van der Waals surface area contributed by atoms with Gasteiger partial charge in [0.05, 0.1) is 21.0 Å². The largest absolute Gasteiger partial charge is 0.461 e. The van der Waals surface area contributed by atoms with Crippen LogP contribution in [0.4, 0.5) is 11.4 Å². The molecule has 5 atom stereocenters. The van der Waals surface area contributed by atoms with Gasteiger partial charge in [-0.05, 0) is 24.3 Å². The predicted octanol–water partition coefficient (Wildman–Crippen LogP) is 0.251. The summed E-state index contributed by atoms with van der Waals surface area (Å²) in [6.45, 7) is 1.11. The number of aliphatic hydroxyl groups excluding tert-OH is 2. The standard InChI is InChI=1S/C27H30N4O14/c1-13(32)43-11-17-6-4-15(8-19(17)30(38)39)25(36)28-10-21-23(34)24(35)22(27(42-3)45-21)29-26(37)16-5-7-18(12-44-14(2)33)20(9-16)31(40)41/h4-9,21-24,27,34-35H,10-12H2,1-3H3,(H,28,36)(H,29,37). The summed E-state index contributed by atoms with van der Waals surface area (Å²) in [5.41, 5.74) is -1.17. The number of nitrogens with one attached hydrogen (secondary N) is 2. The van der Waals surface area contributed by atoms with Crippen LogP contribution in [0.1, 0.15) is 45.7 Å². The van der Waals surface area contributed by atoms with E-state index in [1.165, 1.54) is 31.4 Å². The van der Waals surface area contributed by atoms with Crippen LogP contribution >= 0.6 is 0 Å². The third-order valence-electron chi connectivity index (χ3n) is 6.65. The van der Waals surface area contributed by atoms with Crippen molar-refractivity contribution in [2.45, 2.75) is 57.7 Å². The first-order valence-corrected chi connectivity index (χ1v) is 13.2. The summed E-state index contributed by atoms with van der Waals surface area (Å²) in [6.07, 6.45) is -5.99. The molecule has 1 aliphatic rings. The van der Waals surface area contributed by atoms with E-state index in [9.17, 15) is 49.6 Å². The molecule has 0 bridgehead atoms. The fourth-order valence-electron chi connectivity index (χ4n) is 4.34. The minimum Gasteiger partial charge on any atom is -0.461 e. The van der Waals surface area contributed by atoms with Gasteiger partial charge in [0.15, 0.2) is 6.29 Å².